The summed E-state index contributed by atoms with van der Waals surface area (Å²) in [4.78, 5) is 12.3. The van der Waals surface area contributed by atoms with Crippen molar-refractivity contribution in [1.82, 2.24) is 14.8 Å². The van der Waals surface area contributed by atoms with Crippen molar-refractivity contribution in [2.45, 2.75) is 18.3 Å². The van der Waals surface area contributed by atoms with Crippen LogP contribution in [0.25, 0.3) is 5.69 Å². The normalized spacial score (nSPS) is 11.5. The van der Waals surface area contributed by atoms with Gasteiger partial charge in [0.2, 0.25) is 5.91 Å². The minimum absolute atomic E-state index is 0.0107. The monoisotopic (exact) mass is 460 g/mol. The van der Waals surface area contributed by atoms with Gasteiger partial charge in [-0.05, 0) is 49.4 Å². The number of alkyl halides is 3. The second-order valence-corrected chi connectivity index (χ2v) is 7.66. The quantitative estimate of drug-likeness (QED) is 0.501. The molecule has 1 heterocycles. The van der Waals surface area contributed by atoms with Crippen molar-refractivity contribution in [3.63, 3.8) is 0 Å². The van der Waals surface area contributed by atoms with E-state index < -0.39 is 17.6 Å². The number of rotatable bonds is 5. The van der Waals surface area contributed by atoms with Gasteiger partial charge in [-0.3, -0.25) is 9.36 Å². The van der Waals surface area contributed by atoms with E-state index in [-0.39, 0.29) is 16.5 Å². The summed E-state index contributed by atoms with van der Waals surface area (Å²) < 4.78 is 40.3. The van der Waals surface area contributed by atoms with Crippen molar-refractivity contribution < 1.29 is 18.0 Å². The van der Waals surface area contributed by atoms with Crippen molar-refractivity contribution in [3.8, 4) is 5.69 Å². The lowest BCUT2D eigenvalue weighted by atomic mass is 10.2. The van der Waals surface area contributed by atoms with Gasteiger partial charge in [0.25, 0.3) is 0 Å². The predicted molar refractivity (Wildman–Crippen MR) is 107 cm³/mol. The smallest absolute Gasteiger partial charge is 0.324 e. The number of aromatic nitrogens is 3. The average molecular weight is 461 g/mol. The van der Waals surface area contributed by atoms with Crippen molar-refractivity contribution in [2.75, 3.05) is 11.1 Å². The lowest BCUT2D eigenvalue weighted by Gasteiger charge is -2.12. The van der Waals surface area contributed by atoms with Crippen LogP contribution >= 0.6 is 35.0 Å². The number of halogens is 5. The van der Waals surface area contributed by atoms with E-state index in [2.05, 4.69) is 15.5 Å². The third-order valence-electron chi connectivity index (χ3n) is 3.78. The van der Waals surface area contributed by atoms with Gasteiger partial charge in [0.15, 0.2) is 5.16 Å². The minimum atomic E-state index is -4.54. The molecule has 1 N–H and O–H groups in total. The highest BCUT2D eigenvalue weighted by Crippen LogP contribution is 2.34. The Morgan fingerprint density at radius 2 is 1.83 bits per heavy atom. The number of hydrogen-bond donors (Lipinski definition) is 1. The van der Waals surface area contributed by atoms with Crippen LogP contribution in [0.15, 0.2) is 47.6 Å². The maximum atomic E-state index is 12.9. The van der Waals surface area contributed by atoms with E-state index in [1.165, 1.54) is 0 Å². The van der Waals surface area contributed by atoms with Gasteiger partial charge in [0.1, 0.15) is 5.82 Å². The first-order valence-corrected chi connectivity index (χ1v) is 9.86. The molecule has 0 bridgehead atoms. The maximum absolute atomic E-state index is 12.9. The van der Waals surface area contributed by atoms with Crippen molar-refractivity contribution in [3.05, 3.63) is 63.9 Å². The Bertz CT molecular complexity index is 1040. The second-order valence-electron chi connectivity index (χ2n) is 5.87. The molecule has 0 fully saturated rings. The Kier molecular flexibility index (Phi) is 6.40. The summed E-state index contributed by atoms with van der Waals surface area (Å²) in [6, 6.07) is 9.74. The van der Waals surface area contributed by atoms with E-state index in [9.17, 15) is 18.0 Å². The zero-order valence-corrected chi connectivity index (χ0v) is 17.1. The average Bonchev–Trinajstić information content (AvgIpc) is 3.02. The van der Waals surface area contributed by atoms with Gasteiger partial charge in [-0.15, -0.1) is 10.2 Å². The molecule has 152 valence electrons. The van der Waals surface area contributed by atoms with Crippen molar-refractivity contribution in [1.29, 1.82) is 0 Å². The van der Waals surface area contributed by atoms with Crippen LogP contribution in [0.4, 0.5) is 18.9 Å². The molecule has 3 aromatic rings. The van der Waals surface area contributed by atoms with Gasteiger partial charge in [-0.1, -0.05) is 35.0 Å². The van der Waals surface area contributed by atoms with Crippen molar-refractivity contribution >= 4 is 46.6 Å². The third kappa shape index (κ3) is 5.23. The molecule has 0 aliphatic rings. The molecule has 0 unspecified atom stereocenters. The molecule has 11 heteroatoms. The zero-order chi connectivity index (χ0) is 21.2. The SMILES string of the molecule is Cc1nnc(SCC(=O)Nc2cc(C(F)(F)F)ccc2Cl)n1-c1ccc(Cl)cc1. The van der Waals surface area contributed by atoms with Gasteiger partial charge >= 0.3 is 6.18 Å². The van der Waals surface area contributed by atoms with E-state index >= 15 is 0 Å². The van der Waals surface area contributed by atoms with Crippen LogP contribution in [0.1, 0.15) is 11.4 Å². The number of carbonyl (C=O) groups is 1. The molecule has 29 heavy (non-hydrogen) atoms. The van der Waals surface area contributed by atoms with E-state index in [0.717, 1.165) is 35.6 Å². The summed E-state index contributed by atoms with van der Waals surface area (Å²) in [6.07, 6.45) is -4.54. The summed E-state index contributed by atoms with van der Waals surface area (Å²) in [5.74, 6) is -0.0196. The number of carbonyl (C=O) groups excluding carboxylic acids is 1. The number of thioether (sulfide) groups is 1. The van der Waals surface area contributed by atoms with Crippen LogP contribution in [-0.4, -0.2) is 26.4 Å². The Morgan fingerprint density at radius 1 is 1.14 bits per heavy atom. The molecule has 0 saturated heterocycles. The fraction of sp³-hybridized carbons (Fsp3) is 0.167. The molecule has 5 nitrogen and oxygen atoms in total. The number of nitrogens with zero attached hydrogens (tertiary/aromatic N) is 3. The molecular formula is C18H13Cl2F3N4OS. The van der Waals surface area contributed by atoms with Crippen molar-refractivity contribution in [2.24, 2.45) is 0 Å². The minimum Gasteiger partial charge on any atom is -0.324 e. The van der Waals surface area contributed by atoms with Crippen LogP contribution in [0, 0.1) is 6.92 Å². The molecule has 0 atom stereocenters. The van der Waals surface area contributed by atoms with Gasteiger partial charge in [-0.2, -0.15) is 13.2 Å². The van der Waals surface area contributed by atoms with Gasteiger partial charge < -0.3 is 5.32 Å². The third-order valence-corrected chi connectivity index (χ3v) is 5.29. The Morgan fingerprint density at radius 3 is 2.48 bits per heavy atom. The van der Waals surface area contributed by atoms with Gasteiger partial charge in [0, 0.05) is 10.7 Å². The van der Waals surface area contributed by atoms with Gasteiger partial charge in [0.05, 0.1) is 22.0 Å². The molecule has 0 spiro atoms. The predicted octanol–water partition coefficient (Wildman–Crippen LogP) is 5.63. The Balaban J connectivity index is 1.72. The molecule has 1 amide bonds. The molecule has 0 aliphatic carbocycles. The largest absolute Gasteiger partial charge is 0.416 e. The summed E-state index contributed by atoms with van der Waals surface area (Å²) >= 11 is 12.9. The summed E-state index contributed by atoms with van der Waals surface area (Å²) in [5.41, 5.74) is -0.244. The summed E-state index contributed by atoms with van der Waals surface area (Å²) in [5, 5.41) is 11.5. The van der Waals surface area contributed by atoms with Crippen LogP contribution in [0.3, 0.4) is 0 Å². The molecule has 1 aromatic heterocycles. The van der Waals surface area contributed by atoms with E-state index in [1.807, 2.05) is 0 Å². The lowest BCUT2D eigenvalue weighted by molar-refractivity contribution is -0.137. The maximum Gasteiger partial charge on any atom is 0.416 e. The standard InChI is InChI=1S/C18H13Cl2F3N4OS/c1-10-25-26-17(27(10)13-5-3-12(19)4-6-13)29-9-16(28)24-15-8-11(18(21,22)23)2-7-14(15)20/h2-8H,9H2,1H3,(H,24,28). The van der Waals surface area contributed by atoms with Crippen LogP contribution in [0.5, 0.6) is 0 Å². The van der Waals surface area contributed by atoms with Gasteiger partial charge in [-0.25, -0.2) is 0 Å². The molecule has 0 radical (unpaired) electrons. The molecule has 3 rings (SSSR count). The lowest BCUT2D eigenvalue weighted by Crippen LogP contribution is -2.16. The highest BCUT2D eigenvalue weighted by molar-refractivity contribution is 7.99. The fourth-order valence-electron chi connectivity index (χ4n) is 2.44. The Hall–Kier alpha value is -2.23. The molecular weight excluding hydrogens is 448 g/mol. The van der Waals surface area contributed by atoms with E-state index in [1.54, 1.807) is 35.8 Å². The first kappa shape index (κ1) is 21.5. The number of amides is 1. The summed E-state index contributed by atoms with van der Waals surface area (Å²) in [6.45, 7) is 1.76. The Labute approximate surface area is 178 Å². The first-order chi connectivity index (χ1) is 13.6. The van der Waals surface area contributed by atoms with Crippen LogP contribution in [0.2, 0.25) is 10.0 Å². The molecule has 0 saturated carbocycles. The van der Waals surface area contributed by atoms with Crippen LogP contribution in [-0.2, 0) is 11.0 Å². The fourth-order valence-corrected chi connectivity index (χ4v) is 3.53. The highest BCUT2D eigenvalue weighted by atomic mass is 35.5. The number of aryl methyl sites for hydroxylation is 1. The number of benzene rings is 2. The summed E-state index contributed by atoms with van der Waals surface area (Å²) in [7, 11) is 0. The highest BCUT2D eigenvalue weighted by Gasteiger charge is 2.31. The van der Waals surface area contributed by atoms with Crippen LogP contribution < -0.4 is 5.32 Å². The topological polar surface area (TPSA) is 59.8 Å². The number of anilines is 1. The van der Waals surface area contributed by atoms with E-state index in [4.69, 9.17) is 23.2 Å². The van der Waals surface area contributed by atoms with E-state index in [0.29, 0.717) is 16.0 Å². The molecule has 0 aliphatic heterocycles. The molecule has 2 aromatic carbocycles. The second kappa shape index (κ2) is 8.64. The number of hydrogen-bond acceptors (Lipinski definition) is 4. The number of nitrogens with one attached hydrogen (secondary N) is 1. The first-order valence-electron chi connectivity index (χ1n) is 8.12. The zero-order valence-electron chi connectivity index (χ0n) is 14.8.